The molecule has 0 unspecified atom stereocenters. The Balaban J connectivity index is 1.35. The molecule has 0 saturated heterocycles. The number of carbonyl (C=O) groups excluding carboxylic acids is 2. The maximum absolute atomic E-state index is 12.4. The SMILES string of the molecule is COc1cccc(CC(=O)Nc2nnc([C@@H]3CCC[C@@H](c4nnc(NC(C)=O)s4)C3)s2)c1. The van der Waals surface area contributed by atoms with Gasteiger partial charge in [0, 0.05) is 18.8 Å². The van der Waals surface area contributed by atoms with Crippen LogP contribution in [0.2, 0.25) is 0 Å². The number of nitrogens with one attached hydrogen (secondary N) is 2. The van der Waals surface area contributed by atoms with Crippen molar-refractivity contribution in [1.82, 2.24) is 20.4 Å². The van der Waals surface area contributed by atoms with E-state index in [1.165, 1.54) is 29.6 Å². The van der Waals surface area contributed by atoms with E-state index in [-0.39, 0.29) is 30.1 Å². The Labute approximate surface area is 193 Å². The summed E-state index contributed by atoms with van der Waals surface area (Å²) in [5.41, 5.74) is 0.873. The minimum absolute atomic E-state index is 0.137. The van der Waals surface area contributed by atoms with Crippen molar-refractivity contribution in [3.63, 3.8) is 0 Å². The van der Waals surface area contributed by atoms with Gasteiger partial charge in [0.2, 0.25) is 22.1 Å². The van der Waals surface area contributed by atoms with Crippen LogP contribution in [0.3, 0.4) is 0 Å². The topological polar surface area (TPSA) is 119 Å². The van der Waals surface area contributed by atoms with E-state index in [1.54, 1.807) is 7.11 Å². The van der Waals surface area contributed by atoms with Crippen LogP contribution in [0.4, 0.5) is 10.3 Å². The van der Waals surface area contributed by atoms with Crippen LogP contribution in [0, 0.1) is 0 Å². The van der Waals surface area contributed by atoms with Gasteiger partial charge in [0.05, 0.1) is 13.5 Å². The minimum atomic E-state index is -0.149. The molecule has 2 aromatic heterocycles. The smallest absolute Gasteiger partial charge is 0.230 e. The highest BCUT2D eigenvalue weighted by molar-refractivity contribution is 7.15. The number of hydrogen-bond donors (Lipinski definition) is 2. The van der Waals surface area contributed by atoms with Gasteiger partial charge in [-0.25, -0.2) is 0 Å². The quantitative estimate of drug-likeness (QED) is 0.534. The number of amides is 2. The standard InChI is InChI=1S/C21H24N6O3S2/c1-12(28)22-20-26-24-18(31-20)14-6-4-7-15(11-14)19-25-27-21(32-19)23-17(29)10-13-5-3-8-16(9-13)30-2/h3,5,8-9,14-15H,4,6-7,10-11H2,1-2H3,(H,22,26,28)(H,23,27,29)/t14-,15-/m1/s1. The van der Waals surface area contributed by atoms with E-state index in [4.69, 9.17) is 4.74 Å². The highest BCUT2D eigenvalue weighted by Gasteiger charge is 2.29. The fourth-order valence-corrected chi connectivity index (χ4v) is 5.66. The van der Waals surface area contributed by atoms with Crippen LogP contribution in [-0.2, 0) is 16.0 Å². The van der Waals surface area contributed by atoms with Crippen LogP contribution in [0.25, 0.3) is 0 Å². The first-order chi connectivity index (χ1) is 15.5. The Bertz CT molecular complexity index is 1100. The Hall–Kier alpha value is -2.92. The van der Waals surface area contributed by atoms with Gasteiger partial charge in [0.15, 0.2) is 0 Å². The van der Waals surface area contributed by atoms with Gasteiger partial charge in [-0.3, -0.25) is 9.59 Å². The van der Waals surface area contributed by atoms with Crippen molar-refractivity contribution in [1.29, 1.82) is 0 Å². The molecule has 1 aromatic carbocycles. The number of carbonyl (C=O) groups is 2. The largest absolute Gasteiger partial charge is 0.497 e. The molecule has 11 heteroatoms. The first-order valence-corrected chi connectivity index (χ1v) is 12.0. The third-order valence-corrected chi connectivity index (χ3v) is 7.28. The molecule has 0 aliphatic heterocycles. The van der Waals surface area contributed by atoms with Crippen molar-refractivity contribution >= 4 is 44.8 Å². The molecule has 1 saturated carbocycles. The molecular weight excluding hydrogens is 448 g/mol. The van der Waals surface area contributed by atoms with Crippen LogP contribution in [0.5, 0.6) is 5.75 Å². The number of benzene rings is 1. The van der Waals surface area contributed by atoms with E-state index in [0.717, 1.165) is 47.0 Å². The second-order valence-electron chi connectivity index (χ2n) is 7.71. The molecule has 3 aromatic rings. The molecule has 0 bridgehead atoms. The Morgan fingerprint density at radius 2 is 1.69 bits per heavy atom. The summed E-state index contributed by atoms with van der Waals surface area (Å²) in [7, 11) is 1.60. The van der Waals surface area contributed by atoms with Crippen LogP contribution < -0.4 is 15.4 Å². The molecule has 2 atom stereocenters. The van der Waals surface area contributed by atoms with Gasteiger partial charge < -0.3 is 15.4 Å². The van der Waals surface area contributed by atoms with Crippen molar-refractivity contribution in [2.24, 2.45) is 0 Å². The fraction of sp³-hybridized carbons (Fsp3) is 0.429. The number of nitrogens with zero attached hydrogens (tertiary/aromatic N) is 4. The summed E-state index contributed by atoms with van der Waals surface area (Å²) in [6.45, 7) is 1.46. The zero-order valence-electron chi connectivity index (χ0n) is 17.8. The van der Waals surface area contributed by atoms with Gasteiger partial charge >= 0.3 is 0 Å². The van der Waals surface area contributed by atoms with Crippen LogP contribution in [0.1, 0.15) is 60.0 Å². The molecule has 1 aliphatic rings. The van der Waals surface area contributed by atoms with E-state index < -0.39 is 0 Å². The summed E-state index contributed by atoms with van der Waals surface area (Å²) >= 11 is 2.86. The van der Waals surface area contributed by atoms with E-state index in [1.807, 2.05) is 24.3 Å². The summed E-state index contributed by atoms with van der Waals surface area (Å²) in [6.07, 6.45) is 4.27. The highest BCUT2D eigenvalue weighted by Crippen LogP contribution is 2.43. The molecule has 2 N–H and O–H groups in total. The number of rotatable bonds is 7. The minimum Gasteiger partial charge on any atom is -0.497 e. The molecule has 1 aliphatic carbocycles. The molecule has 4 rings (SSSR count). The Morgan fingerprint density at radius 1 is 1.03 bits per heavy atom. The maximum Gasteiger partial charge on any atom is 0.230 e. The van der Waals surface area contributed by atoms with Gasteiger partial charge in [-0.2, -0.15) is 0 Å². The Morgan fingerprint density at radius 3 is 2.31 bits per heavy atom. The molecule has 168 valence electrons. The summed E-state index contributed by atoms with van der Waals surface area (Å²) in [4.78, 5) is 23.7. The predicted molar refractivity (Wildman–Crippen MR) is 123 cm³/mol. The van der Waals surface area contributed by atoms with Crippen molar-refractivity contribution in [3.05, 3.63) is 39.8 Å². The van der Waals surface area contributed by atoms with Crippen LogP contribution in [0.15, 0.2) is 24.3 Å². The summed E-state index contributed by atoms with van der Waals surface area (Å²) in [5.74, 6) is 0.984. The summed E-state index contributed by atoms with van der Waals surface area (Å²) in [5, 5.41) is 25.3. The number of methoxy groups -OCH3 is 1. The zero-order valence-corrected chi connectivity index (χ0v) is 19.5. The van der Waals surface area contributed by atoms with E-state index in [9.17, 15) is 9.59 Å². The number of aromatic nitrogens is 4. The molecule has 9 nitrogen and oxygen atoms in total. The van der Waals surface area contributed by atoms with E-state index in [2.05, 4.69) is 31.0 Å². The van der Waals surface area contributed by atoms with E-state index in [0.29, 0.717) is 10.3 Å². The molecule has 0 radical (unpaired) electrons. The lowest BCUT2D eigenvalue weighted by atomic mass is 9.82. The second kappa shape index (κ2) is 10.1. The van der Waals surface area contributed by atoms with Crippen molar-refractivity contribution in [3.8, 4) is 5.75 Å². The molecule has 2 heterocycles. The first kappa shape index (κ1) is 22.3. The van der Waals surface area contributed by atoms with Gasteiger partial charge in [-0.05, 0) is 37.0 Å². The molecule has 2 amide bonds. The average Bonchev–Trinajstić information content (AvgIpc) is 3.43. The molecule has 32 heavy (non-hydrogen) atoms. The summed E-state index contributed by atoms with van der Waals surface area (Å²) in [6, 6.07) is 7.44. The average molecular weight is 473 g/mol. The fourth-order valence-electron chi connectivity index (χ4n) is 3.82. The zero-order chi connectivity index (χ0) is 22.5. The van der Waals surface area contributed by atoms with Crippen molar-refractivity contribution < 1.29 is 14.3 Å². The summed E-state index contributed by atoms with van der Waals surface area (Å²) < 4.78 is 5.21. The lowest BCUT2D eigenvalue weighted by Crippen LogP contribution is -2.14. The lowest BCUT2D eigenvalue weighted by Gasteiger charge is -2.25. The second-order valence-corrected chi connectivity index (χ2v) is 9.73. The number of anilines is 2. The van der Waals surface area contributed by atoms with Crippen LogP contribution >= 0.6 is 22.7 Å². The number of ether oxygens (including phenoxy) is 1. The van der Waals surface area contributed by atoms with Gasteiger partial charge in [-0.15, -0.1) is 20.4 Å². The van der Waals surface area contributed by atoms with Crippen LogP contribution in [-0.4, -0.2) is 39.3 Å². The first-order valence-electron chi connectivity index (χ1n) is 10.4. The third kappa shape index (κ3) is 5.65. The molecular formula is C21H24N6O3S2. The normalized spacial score (nSPS) is 18.2. The third-order valence-electron chi connectivity index (χ3n) is 5.28. The van der Waals surface area contributed by atoms with Gasteiger partial charge in [0.25, 0.3) is 0 Å². The molecule has 1 fully saturated rings. The van der Waals surface area contributed by atoms with Crippen molar-refractivity contribution in [2.75, 3.05) is 17.7 Å². The number of hydrogen-bond acceptors (Lipinski definition) is 9. The van der Waals surface area contributed by atoms with Crippen molar-refractivity contribution in [2.45, 2.75) is 50.9 Å². The van der Waals surface area contributed by atoms with E-state index >= 15 is 0 Å². The maximum atomic E-state index is 12.4. The predicted octanol–water partition coefficient (Wildman–Crippen LogP) is 3.98. The van der Waals surface area contributed by atoms with Gasteiger partial charge in [-0.1, -0.05) is 41.2 Å². The van der Waals surface area contributed by atoms with Gasteiger partial charge in [0.1, 0.15) is 15.8 Å². The Kier molecular flexibility index (Phi) is 7.05. The molecule has 0 spiro atoms. The monoisotopic (exact) mass is 472 g/mol. The lowest BCUT2D eigenvalue weighted by molar-refractivity contribution is -0.116. The highest BCUT2D eigenvalue weighted by atomic mass is 32.1.